The van der Waals surface area contributed by atoms with Crippen LogP contribution in [0.4, 0.5) is 0 Å². The van der Waals surface area contributed by atoms with E-state index < -0.39 is 6.04 Å². The van der Waals surface area contributed by atoms with Crippen molar-refractivity contribution in [3.63, 3.8) is 0 Å². The van der Waals surface area contributed by atoms with Crippen LogP contribution >= 0.6 is 11.8 Å². The molecule has 0 unspecified atom stereocenters. The quantitative estimate of drug-likeness (QED) is 0.697. The molecule has 17 heavy (non-hydrogen) atoms. The second-order valence-corrected chi connectivity index (χ2v) is 4.53. The average Bonchev–Trinajstić information content (AvgIpc) is 2.36. The molecule has 0 saturated heterocycles. The summed E-state index contributed by atoms with van der Waals surface area (Å²) >= 11 is 1.69. The highest BCUT2D eigenvalue weighted by atomic mass is 32.2. The molecule has 0 fully saturated rings. The van der Waals surface area contributed by atoms with Crippen LogP contribution in [0.3, 0.4) is 0 Å². The van der Waals surface area contributed by atoms with Gasteiger partial charge in [-0.3, -0.25) is 4.79 Å². The average molecular weight is 255 g/mol. The fourth-order valence-electron chi connectivity index (χ4n) is 1.39. The summed E-state index contributed by atoms with van der Waals surface area (Å²) in [4.78, 5) is 11.8. The van der Waals surface area contributed by atoms with E-state index in [1.54, 1.807) is 17.8 Å². The zero-order chi connectivity index (χ0) is 12.7. The highest BCUT2D eigenvalue weighted by molar-refractivity contribution is 7.97. The molecule has 5 heteroatoms. The molecular formula is C12H17NO3S. The first kappa shape index (κ1) is 14.0. The zero-order valence-corrected chi connectivity index (χ0v) is 10.5. The topological polar surface area (TPSA) is 69.6 Å². The fourth-order valence-corrected chi connectivity index (χ4v) is 1.90. The van der Waals surface area contributed by atoms with E-state index in [1.807, 2.05) is 24.5 Å². The summed E-state index contributed by atoms with van der Waals surface area (Å²) in [5.41, 5.74) is 1.62. The molecule has 0 spiro atoms. The van der Waals surface area contributed by atoms with Crippen molar-refractivity contribution >= 4 is 17.7 Å². The van der Waals surface area contributed by atoms with Gasteiger partial charge in [-0.15, -0.1) is 0 Å². The molecule has 0 saturated carbocycles. The van der Waals surface area contributed by atoms with Gasteiger partial charge in [-0.25, -0.2) is 0 Å². The molecule has 0 aliphatic heterocycles. The Hall–Kier alpha value is -1.04. The van der Waals surface area contributed by atoms with E-state index in [4.69, 9.17) is 10.2 Å². The predicted octanol–water partition coefficient (Wildman–Crippen LogP) is 0.633. The van der Waals surface area contributed by atoms with Gasteiger partial charge in [-0.05, 0) is 24.0 Å². The molecule has 1 aromatic rings. The van der Waals surface area contributed by atoms with Crippen molar-refractivity contribution in [2.45, 2.75) is 11.8 Å². The van der Waals surface area contributed by atoms with Crippen LogP contribution in [0, 0.1) is 0 Å². The number of nitrogens with one attached hydrogen (secondary N) is 1. The van der Waals surface area contributed by atoms with Gasteiger partial charge in [0.25, 0.3) is 5.91 Å². The lowest BCUT2D eigenvalue weighted by Crippen LogP contribution is -2.40. The number of aliphatic hydroxyl groups is 2. The number of aliphatic hydroxyl groups excluding tert-OH is 2. The van der Waals surface area contributed by atoms with Crippen molar-refractivity contribution in [2.75, 3.05) is 19.5 Å². The molecule has 1 aromatic carbocycles. The number of benzene rings is 1. The molecule has 0 aromatic heterocycles. The Bertz CT molecular complexity index is 367. The minimum absolute atomic E-state index is 0.271. The van der Waals surface area contributed by atoms with Crippen LogP contribution in [0.25, 0.3) is 0 Å². The summed E-state index contributed by atoms with van der Waals surface area (Å²) in [5, 5.41) is 20.3. The van der Waals surface area contributed by atoms with Crippen LogP contribution in [0.5, 0.6) is 0 Å². The second kappa shape index (κ2) is 7.32. The summed E-state index contributed by atoms with van der Waals surface area (Å²) in [6, 6.07) is 6.71. The standard InChI is InChI=1S/C12H17NO3S/c1-17-8-9-3-2-4-10(5-9)12(16)13-11(6-14)7-15/h2-5,11,14-15H,6-8H2,1H3,(H,13,16). The molecule has 3 N–H and O–H groups in total. The van der Waals surface area contributed by atoms with E-state index in [0.29, 0.717) is 5.56 Å². The number of rotatable bonds is 6. The lowest BCUT2D eigenvalue weighted by atomic mass is 10.1. The maximum atomic E-state index is 11.8. The van der Waals surface area contributed by atoms with E-state index >= 15 is 0 Å². The van der Waals surface area contributed by atoms with E-state index in [2.05, 4.69) is 5.32 Å². The van der Waals surface area contributed by atoms with Gasteiger partial charge in [-0.2, -0.15) is 11.8 Å². The highest BCUT2D eigenvalue weighted by Gasteiger charge is 2.11. The van der Waals surface area contributed by atoms with Crippen LogP contribution in [-0.4, -0.2) is 41.6 Å². The molecule has 4 nitrogen and oxygen atoms in total. The molecular weight excluding hydrogens is 238 g/mol. The smallest absolute Gasteiger partial charge is 0.251 e. The Kier molecular flexibility index (Phi) is 6.04. The number of carbonyl (C=O) groups is 1. The lowest BCUT2D eigenvalue weighted by molar-refractivity contribution is 0.0879. The first-order chi connectivity index (χ1) is 8.21. The third-order valence-corrected chi connectivity index (χ3v) is 2.90. The Morgan fingerprint density at radius 2 is 2.12 bits per heavy atom. The fraction of sp³-hybridized carbons (Fsp3) is 0.417. The summed E-state index contributed by atoms with van der Waals surface area (Å²) in [6.45, 7) is -0.542. The highest BCUT2D eigenvalue weighted by Crippen LogP contribution is 2.11. The van der Waals surface area contributed by atoms with Gasteiger partial charge in [0.2, 0.25) is 0 Å². The van der Waals surface area contributed by atoms with Crippen molar-refractivity contribution in [1.29, 1.82) is 0 Å². The molecule has 0 radical (unpaired) electrons. The summed E-state index contributed by atoms with van der Waals surface area (Å²) in [7, 11) is 0. The van der Waals surface area contributed by atoms with Gasteiger partial charge in [0.1, 0.15) is 0 Å². The van der Waals surface area contributed by atoms with Gasteiger partial charge >= 0.3 is 0 Å². The number of carbonyl (C=O) groups excluding carboxylic acids is 1. The Balaban J connectivity index is 2.71. The number of thioether (sulfide) groups is 1. The maximum Gasteiger partial charge on any atom is 0.251 e. The van der Waals surface area contributed by atoms with E-state index in [0.717, 1.165) is 11.3 Å². The molecule has 1 rings (SSSR count). The van der Waals surface area contributed by atoms with Gasteiger partial charge < -0.3 is 15.5 Å². The summed E-state index contributed by atoms with van der Waals surface area (Å²) in [6.07, 6.45) is 2.00. The Morgan fingerprint density at radius 3 is 2.71 bits per heavy atom. The van der Waals surface area contributed by atoms with Crippen LogP contribution in [0.1, 0.15) is 15.9 Å². The molecule has 0 aliphatic rings. The van der Waals surface area contributed by atoms with Gasteiger partial charge in [0.15, 0.2) is 0 Å². The van der Waals surface area contributed by atoms with Gasteiger partial charge in [-0.1, -0.05) is 12.1 Å². The second-order valence-electron chi connectivity index (χ2n) is 3.67. The third-order valence-electron chi connectivity index (χ3n) is 2.28. The molecule has 0 atom stereocenters. The minimum atomic E-state index is -0.605. The van der Waals surface area contributed by atoms with Crippen LogP contribution < -0.4 is 5.32 Å². The van der Waals surface area contributed by atoms with Gasteiger partial charge in [0.05, 0.1) is 19.3 Å². The van der Waals surface area contributed by atoms with Crippen molar-refractivity contribution in [1.82, 2.24) is 5.32 Å². The monoisotopic (exact) mass is 255 g/mol. The van der Waals surface area contributed by atoms with E-state index in [-0.39, 0.29) is 19.1 Å². The first-order valence-corrected chi connectivity index (χ1v) is 6.71. The Morgan fingerprint density at radius 1 is 1.41 bits per heavy atom. The minimum Gasteiger partial charge on any atom is -0.394 e. The molecule has 0 heterocycles. The summed E-state index contributed by atoms with van der Waals surface area (Å²) < 4.78 is 0. The zero-order valence-electron chi connectivity index (χ0n) is 9.72. The van der Waals surface area contributed by atoms with Crippen molar-refractivity contribution in [3.8, 4) is 0 Å². The molecule has 0 aliphatic carbocycles. The van der Waals surface area contributed by atoms with Crippen LogP contribution in [0.15, 0.2) is 24.3 Å². The van der Waals surface area contributed by atoms with Crippen LogP contribution in [-0.2, 0) is 5.75 Å². The van der Waals surface area contributed by atoms with Crippen molar-refractivity contribution < 1.29 is 15.0 Å². The Labute approximate surface area is 105 Å². The van der Waals surface area contributed by atoms with E-state index in [1.165, 1.54) is 0 Å². The SMILES string of the molecule is CSCc1cccc(C(=O)NC(CO)CO)c1. The molecule has 1 amide bonds. The number of amides is 1. The van der Waals surface area contributed by atoms with Crippen molar-refractivity contribution in [2.24, 2.45) is 0 Å². The predicted molar refractivity (Wildman–Crippen MR) is 69.1 cm³/mol. The van der Waals surface area contributed by atoms with Crippen LogP contribution in [0.2, 0.25) is 0 Å². The first-order valence-electron chi connectivity index (χ1n) is 5.31. The van der Waals surface area contributed by atoms with Gasteiger partial charge in [0, 0.05) is 11.3 Å². The number of hydrogen-bond acceptors (Lipinski definition) is 4. The molecule has 94 valence electrons. The summed E-state index contributed by atoms with van der Waals surface area (Å²) in [5.74, 6) is 0.575. The normalized spacial score (nSPS) is 10.6. The number of hydrogen-bond donors (Lipinski definition) is 3. The van der Waals surface area contributed by atoms with Crippen molar-refractivity contribution in [3.05, 3.63) is 35.4 Å². The largest absolute Gasteiger partial charge is 0.394 e. The van der Waals surface area contributed by atoms with E-state index in [9.17, 15) is 4.79 Å². The maximum absolute atomic E-state index is 11.8. The lowest BCUT2D eigenvalue weighted by Gasteiger charge is -2.13. The third kappa shape index (κ3) is 4.38. The molecule has 0 bridgehead atoms.